The van der Waals surface area contributed by atoms with Gasteiger partial charge in [-0.2, -0.15) is 0 Å². The average Bonchev–Trinajstić information content (AvgIpc) is 2.82. The van der Waals surface area contributed by atoms with Gasteiger partial charge in [-0.1, -0.05) is 6.08 Å². The number of allylic oxidation sites excluding steroid dienone is 1. The van der Waals surface area contributed by atoms with E-state index in [0.29, 0.717) is 0 Å². The zero-order valence-corrected chi connectivity index (χ0v) is 10.9. The smallest absolute Gasteiger partial charge is 0.410 e. The Labute approximate surface area is 98.5 Å². The Hall–Kier alpha value is -0.990. The molecule has 0 aromatic rings. The third kappa shape index (κ3) is 3.87. The van der Waals surface area contributed by atoms with E-state index in [1.807, 2.05) is 26.8 Å². The van der Waals surface area contributed by atoms with Crippen molar-refractivity contribution >= 4 is 6.09 Å². The molecule has 1 saturated carbocycles. The predicted octanol–water partition coefficient (Wildman–Crippen LogP) is 3.21. The molecule has 0 saturated heterocycles. The fraction of sp³-hybridized carbons (Fsp3) is 0.769. The minimum atomic E-state index is -0.416. The maximum atomic E-state index is 11.7. The van der Waals surface area contributed by atoms with Crippen molar-refractivity contribution in [1.29, 1.82) is 0 Å². The minimum Gasteiger partial charge on any atom is -0.444 e. The van der Waals surface area contributed by atoms with E-state index in [4.69, 9.17) is 4.74 Å². The number of carbonyl (C=O) groups excluding carboxylic acids is 1. The monoisotopic (exact) mass is 225 g/mol. The van der Waals surface area contributed by atoms with Gasteiger partial charge in [-0.25, -0.2) is 4.79 Å². The predicted molar refractivity (Wildman–Crippen MR) is 65.3 cm³/mol. The number of hydrogen-bond acceptors (Lipinski definition) is 2. The fourth-order valence-electron chi connectivity index (χ4n) is 1.82. The summed E-state index contributed by atoms with van der Waals surface area (Å²) in [7, 11) is 1.80. The molecule has 0 heterocycles. The SMILES string of the molecule is C=CCC1(CN(C)C(=O)OC(C)(C)C)CC1. The van der Waals surface area contributed by atoms with Crippen LogP contribution < -0.4 is 0 Å². The van der Waals surface area contributed by atoms with Crippen LogP contribution in [0, 0.1) is 5.41 Å². The molecule has 0 bridgehead atoms. The lowest BCUT2D eigenvalue weighted by molar-refractivity contribution is 0.0265. The first-order valence-corrected chi connectivity index (χ1v) is 5.83. The number of ether oxygens (including phenoxy) is 1. The van der Waals surface area contributed by atoms with Gasteiger partial charge in [-0.3, -0.25) is 0 Å². The van der Waals surface area contributed by atoms with Crippen molar-refractivity contribution < 1.29 is 9.53 Å². The molecule has 0 aromatic carbocycles. The maximum absolute atomic E-state index is 11.7. The first-order valence-electron chi connectivity index (χ1n) is 5.83. The second-order valence-corrected chi connectivity index (χ2v) is 5.83. The summed E-state index contributed by atoms with van der Waals surface area (Å²) in [6.45, 7) is 10.2. The summed E-state index contributed by atoms with van der Waals surface area (Å²) < 4.78 is 5.31. The van der Waals surface area contributed by atoms with Crippen molar-refractivity contribution in [2.24, 2.45) is 5.41 Å². The van der Waals surface area contributed by atoms with Crippen LogP contribution in [0.25, 0.3) is 0 Å². The van der Waals surface area contributed by atoms with Crippen molar-refractivity contribution in [3.05, 3.63) is 12.7 Å². The molecule has 3 nitrogen and oxygen atoms in total. The number of rotatable bonds is 4. The molecule has 92 valence electrons. The molecule has 0 N–H and O–H groups in total. The van der Waals surface area contributed by atoms with Crippen molar-refractivity contribution in [2.45, 2.75) is 45.6 Å². The molecule has 3 heteroatoms. The van der Waals surface area contributed by atoms with Crippen molar-refractivity contribution in [2.75, 3.05) is 13.6 Å². The summed E-state index contributed by atoms with van der Waals surface area (Å²) in [6.07, 6.45) is 5.07. The van der Waals surface area contributed by atoms with Gasteiger partial charge in [0.2, 0.25) is 0 Å². The molecule has 0 unspecified atom stereocenters. The molecule has 0 radical (unpaired) electrons. The van der Waals surface area contributed by atoms with Gasteiger partial charge in [-0.15, -0.1) is 6.58 Å². The van der Waals surface area contributed by atoms with E-state index >= 15 is 0 Å². The zero-order chi connectivity index (χ0) is 12.4. The lowest BCUT2D eigenvalue weighted by Gasteiger charge is -2.27. The van der Waals surface area contributed by atoms with E-state index in [0.717, 1.165) is 13.0 Å². The summed E-state index contributed by atoms with van der Waals surface area (Å²) in [5.41, 5.74) is -0.131. The van der Waals surface area contributed by atoms with Crippen LogP contribution in [-0.2, 0) is 4.74 Å². The van der Waals surface area contributed by atoms with Crippen LogP contribution in [0.3, 0.4) is 0 Å². The van der Waals surface area contributed by atoms with E-state index in [-0.39, 0.29) is 11.5 Å². The van der Waals surface area contributed by atoms with Gasteiger partial charge in [0.15, 0.2) is 0 Å². The van der Waals surface area contributed by atoms with Crippen LogP contribution in [0.5, 0.6) is 0 Å². The normalized spacial score (nSPS) is 17.8. The van der Waals surface area contributed by atoms with Crippen molar-refractivity contribution in [3.8, 4) is 0 Å². The largest absolute Gasteiger partial charge is 0.444 e. The first kappa shape index (κ1) is 13.1. The van der Waals surface area contributed by atoms with E-state index < -0.39 is 5.60 Å². The lowest BCUT2D eigenvalue weighted by Crippen LogP contribution is -2.37. The molecule has 1 rings (SSSR count). The van der Waals surface area contributed by atoms with Crippen LogP contribution in [0.1, 0.15) is 40.0 Å². The number of carbonyl (C=O) groups is 1. The molecule has 1 aliphatic rings. The number of hydrogen-bond donors (Lipinski definition) is 0. The molecule has 1 fully saturated rings. The molecule has 0 aliphatic heterocycles. The van der Waals surface area contributed by atoms with Crippen LogP contribution in [0.2, 0.25) is 0 Å². The van der Waals surface area contributed by atoms with E-state index in [1.54, 1.807) is 11.9 Å². The third-order valence-corrected chi connectivity index (χ3v) is 2.81. The quantitative estimate of drug-likeness (QED) is 0.688. The van der Waals surface area contributed by atoms with Crippen LogP contribution in [0.4, 0.5) is 4.79 Å². The van der Waals surface area contributed by atoms with E-state index in [9.17, 15) is 4.79 Å². The molecule has 1 amide bonds. The van der Waals surface area contributed by atoms with E-state index in [1.165, 1.54) is 12.8 Å². The molecule has 1 aliphatic carbocycles. The van der Waals surface area contributed by atoms with Crippen molar-refractivity contribution in [1.82, 2.24) is 4.90 Å². The molecule has 0 spiro atoms. The molecular formula is C13H23NO2. The molecule has 16 heavy (non-hydrogen) atoms. The first-order chi connectivity index (χ1) is 7.28. The van der Waals surface area contributed by atoms with Crippen LogP contribution >= 0.6 is 0 Å². The highest BCUT2D eigenvalue weighted by Gasteiger charge is 2.43. The summed E-state index contributed by atoms with van der Waals surface area (Å²) in [5.74, 6) is 0. The van der Waals surface area contributed by atoms with Crippen molar-refractivity contribution in [3.63, 3.8) is 0 Å². The standard InChI is InChI=1S/C13H23NO2/c1-6-7-13(8-9-13)10-14(5)11(15)16-12(2,3)4/h6H,1,7-10H2,2-5H3. The Bertz CT molecular complexity index is 274. The Morgan fingerprint density at radius 2 is 2.06 bits per heavy atom. The molecule has 0 atom stereocenters. The highest BCUT2D eigenvalue weighted by Crippen LogP contribution is 2.49. The Kier molecular flexibility index (Phi) is 3.66. The lowest BCUT2D eigenvalue weighted by atomic mass is 10.0. The van der Waals surface area contributed by atoms with Gasteiger partial charge in [-0.05, 0) is 45.4 Å². The number of amides is 1. The Balaban J connectivity index is 2.43. The van der Waals surface area contributed by atoms with Gasteiger partial charge in [0, 0.05) is 13.6 Å². The zero-order valence-electron chi connectivity index (χ0n) is 10.9. The fourth-order valence-corrected chi connectivity index (χ4v) is 1.82. The van der Waals surface area contributed by atoms with Gasteiger partial charge in [0.1, 0.15) is 5.60 Å². The third-order valence-electron chi connectivity index (χ3n) is 2.81. The second-order valence-electron chi connectivity index (χ2n) is 5.83. The average molecular weight is 225 g/mol. The van der Waals surface area contributed by atoms with E-state index in [2.05, 4.69) is 6.58 Å². The summed E-state index contributed by atoms with van der Waals surface area (Å²) in [5, 5.41) is 0. The minimum absolute atomic E-state index is 0.233. The molecule has 0 aromatic heterocycles. The van der Waals surface area contributed by atoms with Crippen LogP contribution in [-0.4, -0.2) is 30.2 Å². The highest BCUT2D eigenvalue weighted by molar-refractivity contribution is 5.67. The van der Waals surface area contributed by atoms with Gasteiger partial charge in [0.25, 0.3) is 0 Å². The van der Waals surface area contributed by atoms with Gasteiger partial charge < -0.3 is 9.64 Å². The Morgan fingerprint density at radius 1 is 1.50 bits per heavy atom. The van der Waals surface area contributed by atoms with Crippen LogP contribution in [0.15, 0.2) is 12.7 Å². The molecular weight excluding hydrogens is 202 g/mol. The summed E-state index contributed by atoms with van der Waals surface area (Å²) in [6, 6.07) is 0. The van der Waals surface area contributed by atoms with Gasteiger partial charge in [0.05, 0.1) is 0 Å². The summed E-state index contributed by atoms with van der Waals surface area (Å²) >= 11 is 0. The second kappa shape index (κ2) is 4.48. The number of nitrogens with zero attached hydrogens (tertiary/aromatic N) is 1. The summed E-state index contributed by atoms with van der Waals surface area (Å²) in [4.78, 5) is 13.4. The maximum Gasteiger partial charge on any atom is 0.410 e. The Morgan fingerprint density at radius 3 is 2.44 bits per heavy atom. The van der Waals surface area contributed by atoms with Gasteiger partial charge >= 0.3 is 6.09 Å². The topological polar surface area (TPSA) is 29.5 Å². The highest BCUT2D eigenvalue weighted by atomic mass is 16.6.